The van der Waals surface area contributed by atoms with E-state index in [2.05, 4.69) is 25.6 Å². The number of hydrogen-bond acceptors (Lipinski definition) is 5. The average molecular weight is 305 g/mol. The number of rotatable bonds is 4. The highest BCUT2D eigenvalue weighted by Gasteiger charge is 2.14. The van der Waals surface area contributed by atoms with Gasteiger partial charge in [0.1, 0.15) is 0 Å². The van der Waals surface area contributed by atoms with Crippen LogP contribution in [0.4, 0.5) is 17.2 Å². The predicted octanol–water partition coefficient (Wildman–Crippen LogP) is 3.18. The van der Waals surface area contributed by atoms with E-state index in [1.807, 2.05) is 37.3 Å². The van der Waals surface area contributed by atoms with Crippen LogP contribution in [-0.2, 0) is 0 Å². The molecular weight excluding hydrogens is 290 g/mol. The van der Waals surface area contributed by atoms with Crippen LogP contribution in [0.3, 0.4) is 0 Å². The Kier molecular flexibility index (Phi) is 4.24. The third-order valence-electron chi connectivity index (χ3n) is 3.10. The van der Waals surface area contributed by atoms with Crippen molar-refractivity contribution in [1.82, 2.24) is 15.0 Å². The van der Waals surface area contributed by atoms with E-state index >= 15 is 0 Å². The Labute approximate surface area is 133 Å². The Bertz CT molecular complexity index is 820. The van der Waals surface area contributed by atoms with Crippen LogP contribution in [0.1, 0.15) is 16.2 Å². The van der Waals surface area contributed by atoms with Gasteiger partial charge in [-0.1, -0.05) is 18.2 Å². The third kappa shape index (κ3) is 3.68. The summed E-state index contributed by atoms with van der Waals surface area (Å²) in [6, 6.07) is 13.0. The summed E-state index contributed by atoms with van der Waals surface area (Å²) >= 11 is 0. The molecule has 6 heteroatoms. The molecule has 0 spiro atoms. The SMILES string of the molecule is Cc1cc(NC(=O)c2nccnc2Nc2ccccc2)ccn1. The maximum absolute atomic E-state index is 12.5. The summed E-state index contributed by atoms with van der Waals surface area (Å²) in [5.41, 5.74) is 2.55. The number of hydrogen-bond donors (Lipinski definition) is 2. The molecule has 0 aliphatic heterocycles. The van der Waals surface area contributed by atoms with E-state index in [0.29, 0.717) is 11.5 Å². The number of aromatic nitrogens is 3. The lowest BCUT2D eigenvalue weighted by atomic mass is 10.3. The molecule has 0 aliphatic rings. The van der Waals surface area contributed by atoms with Crippen molar-refractivity contribution in [2.24, 2.45) is 0 Å². The number of anilines is 3. The van der Waals surface area contributed by atoms with Crippen LogP contribution in [0.5, 0.6) is 0 Å². The Morgan fingerprint density at radius 3 is 2.48 bits per heavy atom. The second-order valence-electron chi connectivity index (χ2n) is 4.88. The van der Waals surface area contributed by atoms with Crippen molar-refractivity contribution in [1.29, 1.82) is 0 Å². The molecule has 0 saturated heterocycles. The van der Waals surface area contributed by atoms with Crippen molar-refractivity contribution in [2.75, 3.05) is 10.6 Å². The minimum Gasteiger partial charge on any atom is -0.338 e. The van der Waals surface area contributed by atoms with Crippen LogP contribution < -0.4 is 10.6 Å². The zero-order valence-electron chi connectivity index (χ0n) is 12.5. The minimum atomic E-state index is -0.331. The van der Waals surface area contributed by atoms with Gasteiger partial charge in [0.2, 0.25) is 0 Å². The smallest absolute Gasteiger partial charge is 0.278 e. The van der Waals surface area contributed by atoms with E-state index < -0.39 is 0 Å². The number of nitrogens with zero attached hydrogens (tertiary/aromatic N) is 3. The van der Waals surface area contributed by atoms with Gasteiger partial charge in [0, 0.05) is 35.7 Å². The number of nitrogens with one attached hydrogen (secondary N) is 2. The fourth-order valence-corrected chi connectivity index (χ4v) is 2.07. The summed E-state index contributed by atoms with van der Waals surface area (Å²) in [6.07, 6.45) is 4.67. The maximum atomic E-state index is 12.5. The number of benzene rings is 1. The molecule has 0 atom stereocenters. The molecule has 0 radical (unpaired) electrons. The summed E-state index contributed by atoms with van der Waals surface area (Å²) in [7, 11) is 0. The van der Waals surface area contributed by atoms with Gasteiger partial charge in [0.25, 0.3) is 5.91 Å². The molecule has 3 rings (SSSR count). The van der Waals surface area contributed by atoms with E-state index in [-0.39, 0.29) is 11.6 Å². The van der Waals surface area contributed by atoms with E-state index in [1.54, 1.807) is 24.5 Å². The van der Waals surface area contributed by atoms with Crippen molar-refractivity contribution in [3.05, 3.63) is 72.4 Å². The van der Waals surface area contributed by atoms with Gasteiger partial charge in [0.15, 0.2) is 11.5 Å². The van der Waals surface area contributed by atoms with E-state index in [9.17, 15) is 4.79 Å². The molecule has 2 aromatic heterocycles. The quantitative estimate of drug-likeness (QED) is 0.774. The monoisotopic (exact) mass is 305 g/mol. The largest absolute Gasteiger partial charge is 0.338 e. The Hall–Kier alpha value is -3.28. The van der Waals surface area contributed by atoms with Crippen molar-refractivity contribution in [2.45, 2.75) is 6.92 Å². The van der Waals surface area contributed by atoms with Crippen LogP contribution >= 0.6 is 0 Å². The topological polar surface area (TPSA) is 79.8 Å². The lowest BCUT2D eigenvalue weighted by Crippen LogP contribution is -2.16. The molecule has 0 saturated carbocycles. The van der Waals surface area contributed by atoms with Gasteiger partial charge in [-0.25, -0.2) is 9.97 Å². The number of carbonyl (C=O) groups excluding carboxylic acids is 1. The van der Waals surface area contributed by atoms with Crippen molar-refractivity contribution >= 4 is 23.1 Å². The summed E-state index contributed by atoms with van der Waals surface area (Å²) in [6.45, 7) is 1.86. The van der Waals surface area contributed by atoms with Crippen LogP contribution in [0, 0.1) is 6.92 Å². The third-order valence-corrected chi connectivity index (χ3v) is 3.10. The summed E-state index contributed by atoms with van der Waals surface area (Å²) in [5, 5.41) is 5.91. The van der Waals surface area contributed by atoms with Gasteiger partial charge in [-0.05, 0) is 31.2 Å². The minimum absolute atomic E-state index is 0.228. The second kappa shape index (κ2) is 6.65. The summed E-state index contributed by atoms with van der Waals surface area (Å²) in [4.78, 5) is 24.9. The van der Waals surface area contributed by atoms with Gasteiger partial charge in [-0.15, -0.1) is 0 Å². The summed E-state index contributed by atoms with van der Waals surface area (Å²) in [5.74, 6) is 0.0732. The lowest BCUT2D eigenvalue weighted by Gasteiger charge is -2.10. The molecule has 3 aromatic rings. The molecular formula is C17H15N5O. The highest BCUT2D eigenvalue weighted by atomic mass is 16.1. The zero-order chi connectivity index (χ0) is 16.1. The second-order valence-corrected chi connectivity index (χ2v) is 4.88. The Morgan fingerprint density at radius 2 is 1.70 bits per heavy atom. The normalized spacial score (nSPS) is 10.1. The highest BCUT2D eigenvalue weighted by Crippen LogP contribution is 2.18. The van der Waals surface area contributed by atoms with Crippen molar-refractivity contribution < 1.29 is 4.79 Å². The Balaban J connectivity index is 1.83. The molecule has 1 aromatic carbocycles. The number of aryl methyl sites for hydroxylation is 1. The molecule has 0 aliphatic carbocycles. The van der Waals surface area contributed by atoms with Crippen LogP contribution in [0.15, 0.2) is 61.1 Å². The Morgan fingerprint density at radius 1 is 0.913 bits per heavy atom. The summed E-state index contributed by atoms with van der Waals surface area (Å²) < 4.78 is 0. The van der Waals surface area contributed by atoms with Crippen molar-refractivity contribution in [3.63, 3.8) is 0 Å². The first-order valence-corrected chi connectivity index (χ1v) is 7.09. The molecule has 2 heterocycles. The molecule has 2 N–H and O–H groups in total. The number of carbonyl (C=O) groups is 1. The van der Waals surface area contributed by atoms with Gasteiger partial charge < -0.3 is 10.6 Å². The molecule has 1 amide bonds. The molecule has 0 unspecified atom stereocenters. The molecule has 0 fully saturated rings. The highest BCUT2D eigenvalue weighted by molar-refractivity contribution is 6.06. The van der Waals surface area contributed by atoms with Crippen LogP contribution in [0.2, 0.25) is 0 Å². The van der Waals surface area contributed by atoms with Gasteiger partial charge >= 0.3 is 0 Å². The zero-order valence-corrected chi connectivity index (χ0v) is 12.5. The first-order valence-electron chi connectivity index (χ1n) is 7.09. The predicted molar refractivity (Wildman–Crippen MR) is 88.7 cm³/mol. The first kappa shape index (κ1) is 14.6. The van der Waals surface area contributed by atoms with E-state index in [1.165, 1.54) is 6.20 Å². The molecule has 23 heavy (non-hydrogen) atoms. The molecule has 6 nitrogen and oxygen atoms in total. The first-order chi connectivity index (χ1) is 11.2. The molecule has 0 bridgehead atoms. The van der Waals surface area contributed by atoms with Crippen molar-refractivity contribution in [3.8, 4) is 0 Å². The number of para-hydroxylation sites is 1. The number of pyridine rings is 1. The van der Waals surface area contributed by atoms with Gasteiger partial charge in [0.05, 0.1) is 0 Å². The average Bonchev–Trinajstić information content (AvgIpc) is 2.56. The fraction of sp³-hybridized carbons (Fsp3) is 0.0588. The van der Waals surface area contributed by atoms with Gasteiger partial charge in [-0.3, -0.25) is 9.78 Å². The number of amides is 1. The van der Waals surface area contributed by atoms with E-state index in [4.69, 9.17) is 0 Å². The van der Waals surface area contributed by atoms with E-state index in [0.717, 1.165) is 11.4 Å². The van der Waals surface area contributed by atoms with Gasteiger partial charge in [-0.2, -0.15) is 0 Å². The fourth-order valence-electron chi connectivity index (χ4n) is 2.07. The van der Waals surface area contributed by atoms with Crippen LogP contribution in [0.25, 0.3) is 0 Å². The standard InChI is InChI=1S/C17H15N5O/c1-12-11-14(7-8-18-12)22-17(23)15-16(20-10-9-19-15)21-13-5-3-2-4-6-13/h2-11H,1H3,(H,20,21)(H,18,22,23). The lowest BCUT2D eigenvalue weighted by molar-refractivity contribution is 0.102. The van der Waals surface area contributed by atoms with Crippen LogP contribution in [-0.4, -0.2) is 20.9 Å². The maximum Gasteiger partial charge on any atom is 0.278 e. The molecule has 114 valence electrons.